The van der Waals surface area contributed by atoms with Crippen LogP contribution in [0.15, 0.2) is 24.3 Å². The highest BCUT2D eigenvalue weighted by Gasteiger charge is 2.29. The quantitative estimate of drug-likeness (QED) is 0.143. The maximum absolute atomic E-state index is 12.3. The first-order chi connectivity index (χ1) is 14.1. The standard InChI is InChI=1S/C26H46O3/c1-4-5-6-7-8-9-10-11-12-13-14-15-16-17-18-20-26(2,3)25(27)29-23-24-19-21-28-22-24/h8-9,11-12,24H,4-7,10,13-23H2,1-3H3/b9-8-,12-11-. The molecule has 3 nitrogen and oxygen atoms in total. The van der Waals surface area contributed by atoms with Crippen LogP contribution >= 0.6 is 0 Å². The third kappa shape index (κ3) is 13.7. The normalized spacial score (nSPS) is 17.6. The monoisotopic (exact) mass is 406 g/mol. The number of ether oxygens (including phenoxy) is 2. The number of hydrogen-bond acceptors (Lipinski definition) is 3. The Balaban J connectivity index is 1.94. The zero-order valence-corrected chi connectivity index (χ0v) is 19.4. The predicted molar refractivity (Wildman–Crippen MR) is 123 cm³/mol. The summed E-state index contributed by atoms with van der Waals surface area (Å²) in [5.74, 6) is 0.347. The highest BCUT2D eigenvalue weighted by atomic mass is 16.5. The van der Waals surface area contributed by atoms with Crippen molar-refractivity contribution in [3.63, 3.8) is 0 Å². The third-order valence-electron chi connectivity index (χ3n) is 5.78. The van der Waals surface area contributed by atoms with Gasteiger partial charge in [-0.05, 0) is 58.8 Å². The van der Waals surface area contributed by atoms with Crippen LogP contribution in [0.3, 0.4) is 0 Å². The van der Waals surface area contributed by atoms with Gasteiger partial charge < -0.3 is 9.47 Å². The Morgan fingerprint density at radius 2 is 1.62 bits per heavy atom. The van der Waals surface area contributed by atoms with Crippen molar-refractivity contribution in [3.05, 3.63) is 24.3 Å². The number of rotatable bonds is 17. The molecule has 0 aromatic carbocycles. The van der Waals surface area contributed by atoms with Gasteiger partial charge in [0, 0.05) is 12.5 Å². The molecule has 0 saturated carbocycles. The van der Waals surface area contributed by atoms with Crippen LogP contribution < -0.4 is 0 Å². The molecule has 0 amide bonds. The van der Waals surface area contributed by atoms with Crippen LogP contribution in [-0.4, -0.2) is 25.8 Å². The number of carbonyl (C=O) groups is 1. The van der Waals surface area contributed by atoms with E-state index in [9.17, 15) is 4.79 Å². The van der Waals surface area contributed by atoms with Crippen LogP contribution in [0.25, 0.3) is 0 Å². The van der Waals surface area contributed by atoms with E-state index in [1.165, 1.54) is 57.8 Å². The van der Waals surface area contributed by atoms with Crippen LogP contribution in [0.4, 0.5) is 0 Å². The lowest BCUT2D eigenvalue weighted by atomic mass is 9.87. The number of hydrogen-bond donors (Lipinski definition) is 0. The van der Waals surface area contributed by atoms with E-state index in [1.54, 1.807) is 0 Å². The first-order valence-electron chi connectivity index (χ1n) is 12.1. The van der Waals surface area contributed by atoms with E-state index in [0.717, 1.165) is 38.9 Å². The molecular weight excluding hydrogens is 360 g/mol. The Kier molecular flexibility index (Phi) is 14.9. The summed E-state index contributed by atoms with van der Waals surface area (Å²) in [6.07, 6.45) is 24.7. The lowest BCUT2D eigenvalue weighted by Crippen LogP contribution is -2.28. The number of esters is 1. The van der Waals surface area contributed by atoms with Gasteiger partial charge >= 0.3 is 5.97 Å². The van der Waals surface area contributed by atoms with Gasteiger partial charge in [0.25, 0.3) is 0 Å². The summed E-state index contributed by atoms with van der Waals surface area (Å²) < 4.78 is 10.9. The Bertz CT molecular complexity index is 459. The van der Waals surface area contributed by atoms with Crippen molar-refractivity contribution in [2.45, 2.75) is 104 Å². The molecule has 0 aromatic rings. The van der Waals surface area contributed by atoms with E-state index in [2.05, 4.69) is 31.2 Å². The van der Waals surface area contributed by atoms with Gasteiger partial charge in [0.2, 0.25) is 0 Å². The van der Waals surface area contributed by atoms with E-state index in [0.29, 0.717) is 12.5 Å². The van der Waals surface area contributed by atoms with Crippen LogP contribution in [-0.2, 0) is 14.3 Å². The second-order valence-electron chi connectivity index (χ2n) is 9.19. The molecule has 0 N–H and O–H groups in total. The fraction of sp³-hybridized carbons (Fsp3) is 0.808. The van der Waals surface area contributed by atoms with Gasteiger partial charge in [0.05, 0.1) is 18.6 Å². The van der Waals surface area contributed by atoms with Gasteiger partial charge in [0.1, 0.15) is 0 Å². The molecule has 29 heavy (non-hydrogen) atoms. The van der Waals surface area contributed by atoms with Gasteiger partial charge in [-0.25, -0.2) is 0 Å². The molecule has 3 heteroatoms. The van der Waals surface area contributed by atoms with Gasteiger partial charge in [-0.15, -0.1) is 0 Å². The SMILES string of the molecule is CCCCC/C=C\C/C=C\CCCCCCCC(C)(C)C(=O)OCC1CCOC1. The van der Waals surface area contributed by atoms with Crippen LogP contribution in [0.1, 0.15) is 104 Å². The van der Waals surface area contributed by atoms with Crippen molar-refractivity contribution in [3.8, 4) is 0 Å². The number of unbranched alkanes of at least 4 members (excludes halogenated alkanes) is 8. The lowest BCUT2D eigenvalue weighted by molar-refractivity contribution is -0.155. The molecule has 1 unspecified atom stereocenters. The van der Waals surface area contributed by atoms with Crippen LogP contribution in [0.2, 0.25) is 0 Å². The molecule has 168 valence electrons. The highest BCUT2D eigenvalue weighted by Crippen LogP contribution is 2.26. The molecule has 0 bridgehead atoms. The third-order valence-corrected chi connectivity index (χ3v) is 5.78. The average molecular weight is 407 g/mol. The van der Waals surface area contributed by atoms with Crippen LogP contribution in [0, 0.1) is 11.3 Å². The first kappa shape index (κ1) is 25.9. The molecule has 0 radical (unpaired) electrons. The summed E-state index contributed by atoms with van der Waals surface area (Å²) in [5.41, 5.74) is -0.369. The summed E-state index contributed by atoms with van der Waals surface area (Å²) >= 11 is 0. The summed E-state index contributed by atoms with van der Waals surface area (Å²) in [6.45, 7) is 8.34. The van der Waals surface area contributed by atoms with E-state index >= 15 is 0 Å². The average Bonchev–Trinajstić information content (AvgIpc) is 3.22. The molecule has 1 aliphatic heterocycles. The first-order valence-corrected chi connectivity index (χ1v) is 12.1. The van der Waals surface area contributed by atoms with Crippen molar-refractivity contribution in [1.29, 1.82) is 0 Å². The van der Waals surface area contributed by atoms with E-state index in [1.807, 2.05) is 13.8 Å². The second-order valence-corrected chi connectivity index (χ2v) is 9.19. The van der Waals surface area contributed by atoms with E-state index < -0.39 is 0 Å². The summed E-state index contributed by atoms with van der Waals surface area (Å²) in [4.78, 5) is 12.3. The second kappa shape index (κ2) is 16.7. The Morgan fingerprint density at radius 1 is 0.966 bits per heavy atom. The van der Waals surface area contributed by atoms with Gasteiger partial charge in [-0.2, -0.15) is 0 Å². The Labute approximate surface area is 180 Å². The molecule has 1 rings (SSSR count). The highest BCUT2D eigenvalue weighted by molar-refractivity contribution is 5.75. The smallest absolute Gasteiger partial charge is 0.311 e. The zero-order chi connectivity index (χ0) is 21.2. The zero-order valence-electron chi connectivity index (χ0n) is 19.4. The van der Waals surface area contributed by atoms with Crippen molar-refractivity contribution < 1.29 is 14.3 Å². The van der Waals surface area contributed by atoms with Gasteiger partial charge in [-0.3, -0.25) is 4.79 Å². The Hall–Kier alpha value is -1.09. The van der Waals surface area contributed by atoms with Gasteiger partial charge in [0.15, 0.2) is 0 Å². The maximum Gasteiger partial charge on any atom is 0.311 e. The minimum atomic E-state index is -0.369. The molecule has 1 heterocycles. The topological polar surface area (TPSA) is 35.5 Å². The fourth-order valence-electron chi connectivity index (χ4n) is 3.58. The molecule has 1 atom stereocenters. The summed E-state index contributed by atoms with van der Waals surface area (Å²) in [6, 6.07) is 0. The minimum Gasteiger partial charge on any atom is -0.465 e. The van der Waals surface area contributed by atoms with Crippen molar-refractivity contribution >= 4 is 5.97 Å². The molecule has 0 aliphatic carbocycles. The number of carbonyl (C=O) groups excluding carboxylic acids is 1. The predicted octanol–water partition coefficient (Wildman–Crippen LogP) is 7.41. The molecule has 0 aromatic heterocycles. The number of allylic oxidation sites excluding steroid dienone is 4. The van der Waals surface area contributed by atoms with Crippen molar-refractivity contribution in [2.75, 3.05) is 19.8 Å². The fourth-order valence-corrected chi connectivity index (χ4v) is 3.58. The van der Waals surface area contributed by atoms with Crippen LogP contribution in [0.5, 0.6) is 0 Å². The van der Waals surface area contributed by atoms with E-state index in [-0.39, 0.29) is 11.4 Å². The van der Waals surface area contributed by atoms with Crippen molar-refractivity contribution in [1.82, 2.24) is 0 Å². The molecule has 1 saturated heterocycles. The molecule has 0 spiro atoms. The molecule has 1 fully saturated rings. The summed E-state index contributed by atoms with van der Waals surface area (Å²) in [7, 11) is 0. The molecular formula is C26H46O3. The molecule has 1 aliphatic rings. The largest absolute Gasteiger partial charge is 0.465 e. The summed E-state index contributed by atoms with van der Waals surface area (Å²) in [5, 5.41) is 0. The maximum atomic E-state index is 12.3. The van der Waals surface area contributed by atoms with E-state index in [4.69, 9.17) is 9.47 Å². The van der Waals surface area contributed by atoms with Crippen molar-refractivity contribution in [2.24, 2.45) is 11.3 Å². The Morgan fingerprint density at radius 3 is 2.28 bits per heavy atom. The minimum absolute atomic E-state index is 0.0473. The van der Waals surface area contributed by atoms with Gasteiger partial charge in [-0.1, -0.05) is 69.8 Å². The lowest BCUT2D eigenvalue weighted by Gasteiger charge is -2.23.